The lowest BCUT2D eigenvalue weighted by atomic mass is 9.88. The fourth-order valence-electron chi connectivity index (χ4n) is 3.05. The van der Waals surface area contributed by atoms with E-state index >= 15 is 0 Å². The summed E-state index contributed by atoms with van der Waals surface area (Å²) in [5, 5.41) is 8.53. The van der Waals surface area contributed by atoms with Crippen LogP contribution in [0.15, 0.2) is 41.5 Å². The largest absolute Gasteiger partial charge is 0.304 e. The van der Waals surface area contributed by atoms with Crippen molar-refractivity contribution in [2.24, 2.45) is 4.99 Å². The third-order valence-corrected chi connectivity index (χ3v) is 4.12. The van der Waals surface area contributed by atoms with E-state index in [4.69, 9.17) is 5.41 Å². The number of nitrogens with zero attached hydrogens (tertiary/aromatic N) is 2. The summed E-state index contributed by atoms with van der Waals surface area (Å²) in [5.74, 6) is -0.507. The van der Waals surface area contributed by atoms with E-state index in [1.165, 1.54) is 17.7 Å². The Labute approximate surface area is 129 Å². The van der Waals surface area contributed by atoms with Gasteiger partial charge >= 0.3 is 0 Å². The van der Waals surface area contributed by atoms with Gasteiger partial charge in [0.2, 0.25) is 0 Å². The lowest BCUT2D eigenvalue weighted by molar-refractivity contribution is 0.627. The highest BCUT2D eigenvalue weighted by Gasteiger charge is 2.24. The number of nitrogens with one attached hydrogen (secondary N) is 1. The summed E-state index contributed by atoms with van der Waals surface area (Å²) in [6.45, 7) is 0. The molecule has 0 saturated carbocycles. The molecule has 1 aliphatic rings. The standard InChI is InChI=1S/C18H18FN3/c1-21-11-16(18(20)12-5-7-13(19)8-6-12)14-9-10-22-17-4-2-3-15(14)17/h5-11,16,20H,2-4H2,1H3. The highest BCUT2D eigenvalue weighted by atomic mass is 19.1. The molecule has 3 rings (SSSR count). The molecule has 0 fully saturated rings. The molecule has 0 amide bonds. The summed E-state index contributed by atoms with van der Waals surface area (Å²) >= 11 is 0. The lowest BCUT2D eigenvalue weighted by Crippen LogP contribution is -2.16. The Morgan fingerprint density at radius 3 is 2.77 bits per heavy atom. The van der Waals surface area contributed by atoms with Gasteiger partial charge < -0.3 is 5.41 Å². The van der Waals surface area contributed by atoms with Gasteiger partial charge in [-0.25, -0.2) is 4.39 Å². The molecule has 1 heterocycles. The minimum absolute atomic E-state index is 0.217. The molecule has 3 nitrogen and oxygen atoms in total. The minimum Gasteiger partial charge on any atom is -0.304 e. The summed E-state index contributed by atoms with van der Waals surface area (Å²) in [6.07, 6.45) is 6.72. The highest BCUT2D eigenvalue weighted by molar-refractivity contribution is 6.12. The van der Waals surface area contributed by atoms with E-state index in [-0.39, 0.29) is 11.7 Å². The zero-order valence-corrected chi connectivity index (χ0v) is 12.5. The van der Waals surface area contributed by atoms with Crippen molar-refractivity contribution in [2.45, 2.75) is 25.2 Å². The summed E-state index contributed by atoms with van der Waals surface area (Å²) in [6, 6.07) is 8.06. The molecule has 4 heteroatoms. The number of fused-ring (bicyclic) bond motifs is 1. The monoisotopic (exact) mass is 295 g/mol. The molecule has 0 saturated heterocycles. The Bertz CT molecular complexity index is 720. The van der Waals surface area contributed by atoms with Gasteiger partial charge in [-0.05, 0) is 54.2 Å². The normalized spacial score (nSPS) is 15.0. The molecule has 0 bridgehead atoms. The first kappa shape index (κ1) is 14.6. The van der Waals surface area contributed by atoms with E-state index in [0.717, 1.165) is 36.1 Å². The SMILES string of the molecule is CN=CC(C(=N)c1ccc(F)cc1)c1ccnc2c1CCC2. The fourth-order valence-corrected chi connectivity index (χ4v) is 3.05. The number of aryl methyl sites for hydroxylation is 1. The average molecular weight is 295 g/mol. The number of hydrogen-bond donors (Lipinski definition) is 1. The quantitative estimate of drug-likeness (QED) is 0.861. The topological polar surface area (TPSA) is 49.1 Å². The zero-order valence-electron chi connectivity index (χ0n) is 12.5. The Morgan fingerprint density at radius 2 is 2.05 bits per heavy atom. The van der Waals surface area contributed by atoms with Crippen LogP contribution in [0.25, 0.3) is 0 Å². The molecule has 2 aromatic rings. The third kappa shape index (κ3) is 2.69. The van der Waals surface area contributed by atoms with Gasteiger partial charge in [-0.15, -0.1) is 0 Å². The Morgan fingerprint density at radius 1 is 1.27 bits per heavy atom. The van der Waals surface area contributed by atoms with Crippen molar-refractivity contribution in [1.82, 2.24) is 4.98 Å². The second-order valence-electron chi connectivity index (χ2n) is 5.48. The molecule has 0 radical (unpaired) electrons. The Kier molecular flexibility index (Phi) is 4.09. The van der Waals surface area contributed by atoms with Crippen molar-refractivity contribution in [1.29, 1.82) is 5.41 Å². The minimum atomic E-state index is -0.290. The van der Waals surface area contributed by atoms with Gasteiger partial charge in [-0.3, -0.25) is 9.98 Å². The van der Waals surface area contributed by atoms with E-state index in [1.54, 1.807) is 25.4 Å². The van der Waals surface area contributed by atoms with Crippen LogP contribution >= 0.6 is 0 Å². The highest BCUT2D eigenvalue weighted by Crippen LogP contribution is 2.30. The first-order valence-corrected chi connectivity index (χ1v) is 7.44. The summed E-state index contributed by atoms with van der Waals surface area (Å²) in [7, 11) is 1.71. The van der Waals surface area contributed by atoms with Crippen molar-refractivity contribution in [3.8, 4) is 0 Å². The van der Waals surface area contributed by atoms with Crippen LogP contribution in [-0.2, 0) is 12.8 Å². The lowest BCUT2D eigenvalue weighted by Gasteiger charge is -2.17. The van der Waals surface area contributed by atoms with Crippen LogP contribution in [0.4, 0.5) is 4.39 Å². The van der Waals surface area contributed by atoms with Gasteiger partial charge in [0.15, 0.2) is 0 Å². The number of hydrogen-bond acceptors (Lipinski definition) is 3. The summed E-state index contributed by atoms with van der Waals surface area (Å²) in [5.41, 5.74) is 4.64. The maximum atomic E-state index is 13.1. The van der Waals surface area contributed by atoms with Gasteiger partial charge in [-0.2, -0.15) is 0 Å². The number of aromatic nitrogens is 1. The van der Waals surface area contributed by atoms with Crippen LogP contribution in [-0.4, -0.2) is 24.0 Å². The van der Waals surface area contributed by atoms with Gasteiger partial charge in [-0.1, -0.05) is 12.1 Å². The van der Waals surface area contributed by atoms with Crippen LogP contribution in [0.3, 0.4) is 0 Å². The molecule has 1 atom stereocenters. The Hall–Kier alpha value is -2.36. The van der Waals surface area contributed by atoms with Gasteiger partial charge in [0.1, 0.15) is 5.82 Å². The number of pyridine rings is 1. The molecule has 1 aromatic heterocycles. The van der Waals surface area contributed by atoms with E-state index in [9.17, 15) is 4.39 Å². The van der Waals surface area contributed by atoms with Crippen LogP contribution in [0, 0.1) is 11.2 Å². The van der Waals surface area contributed by atoms with Crippen LogP contribution < -0.4 is 0 Å². The third-order valence-electron chi connectivity index (χ3n) is 4.12. The van der Waals surface area contributed by atoms with E-state index in [2.05, 4.69) is 9.98 Å². The summed E-state index contributed by atoms with van der Waals surface area (Å²) in [4.78, 5) is 8.58. The van der Waals surface area contributed by atoms with Crippen LogP contribution in [0.2, 0.25) is 0 Å². The molecule has 0 aliphatic heterocycles. The molecule has 1 unspecified atom stereocenters. The van der Waals surface area contributed by atoms with Crippen molar-refractivity contribution < 1.29 is 4.39 Å². The second-order valence-corrected chi connectivity index (χ2v) is 5.48. The van der Waals surface area contributed by atoms with Gasteiger partial charge in [0, 0.05) is 25.2 Å². The van der Waals surface area contributed by atoms with Gasteiger partial charge in [0.25, 0.3) is 0 Å². The average Bonchev–Trinajstić information content (AvgIpc) is 3.01. The van der Waals surface area contributed by atoms with Crippen molar-refractivity contribution in [2.75, 3.05) is 7.05 Å². The van der Waals surface area contributed by atoms with Crippen LogP contribution in [0.1, 0.15) is 34.7 Å². The van der Waals surface area contributed by atoms with E-state index in [1.807, 2.05) is 12.3 Å². The Balaban J connectivity index is 2.02. The molecule has 1 N–H and O–H groups in total. The van der Waals surface area contributed by atoms with Crippen molar-refractivity contribution in [3.63, 3.8) is 0 Å². The maximum Gasteiger partial charge on any atom is 0.123 e. The first-order valence-electron chi connectivity index (χ1n) is 7.44. The van der Waals surface area contributed by atoms with Gasteiger partial charge in [0.05, 0.1) is 11.6 Å². The molecular formula is C18H18FN3. The number of halogens is 1. The second kappa shape index (κ2) is 6.18. The molecule has 112 valence electrons. The first-order chi connectivity index (χ1) is 10.7. The predicted octanol–water partition coefficient (Wildman–Crippen LogP) is 3.56. The van der Waals surface area contributed by atoms with E-state index < -0.39 is 0 Å². The predicted molar refractivity (Wildman–Crippen MR) is 86.6 cm³/mol. The van der Waals surface area contributed by atoms with Crippen molar-refractivity contribution in [3.05, 3.63) is 64.7 Å². The zero-order chi connectivity index (χ0) is 15.5. The van der Waals surface area contributed by atoms with E-state index in [0.29, 0.717) is 5.71 Å². The summed E-state index contributed by atoms with van der Waals surface area (Å²) < 4.78 is 13.1. The number of benzene rings is 1. The maximum absolute atomic E-state index is 13.1. The fraction of sp³-hybridized carbons (Fsp3) is 0.278. The number of aliphatic imine (C=N–C) groups is 1. The van der Waals surface area contributed by atoms with Crippen LogP contribution in [0.5, 0.6) is 0 Å². The number of rotatable bonds is 4. The molecule has 1 aromatic carbocycles. The molecule has 22 heavy (non-hydrogen) atoms. The van der Waals surface area contributed by atoms with Crippen molar-refractivity contribution >= 4 is 11.9 Å². The smallest absolute Gasteiger partial charge is 0.123 e. The molecule has 1 aliphatic carbocycles. The molecule has 0 spiro atoms. The molecular weight excluding hydrogens is 277 g/mol.